The Kier molecular flexibility index (Phi) is 4.73. The number of carbonyl (C=O) groups is 1. The van der Waals surface area contributed by atoms with Crippen LogP contribution in [0.15, 0.2) is 40.8 Å². The number of hydrogen-bond donors (Lipinski definition) is 2. The lowest BCUT2D eigenvalue weighted by molar-refractivity contribution is -0.116. The van der Waals surface area contributed by atoms with Crippen molar-refractivity contribution in [1.29, 1.82) is 0 Å². The molecule has 1 aliphatic heterocycles. The minimum atomic E-state index is -0.708. The number of nitrogens with zero attached hydrogens (tertiary/aromatic N) is 1. The van der Waals surface area contributed by atoms with Gasteiger partial charge in [-0.2, -0.15) is 0 Å². The molecule has 1 aromatic carbocycles. The Morgan fingerprint density at radius 3 is 2.96 bits per heavy atom. The van der Waals surface area contributed by atoms with Crippen molar-refractivity contribution in [1.82, 2.24) is 9.97 Å². The van der Waals surface area contributed by atoms with Gasteiger partial charge < -0.3 is 10.3 Å². The molecule has 1 atom stereocenters. The van der Waals surface area contributed by atoms with Gasteiger partial charge in [0.2, 0.25) is 5.91 Å². The highest BCUT2D eigenvalue weighted by atomic mass is 35.5. The summed E-state index contributed by atoms with van der Waals surface area (Å²) in [6.45, 7) is 3.60. The number of thioether (sulfide) groups is 1. The number of anilines is 1. The van der Waals surface area contributed by atoms with E-state index in [1.807, 2.05) is 0 Å². The van der Waals surface area contributed by atoms with Crippen LogP contribution in [0.25, 0.3) is 0 Å². The molecule has 2 heterocycles. The van der Waals surface area contributed by atoms with E-state index in [0.29, 0.717) is 10.9 Å². The van der Waals surface area contributed by atoms with Crippen LogP contribution >= 0.6 is 23.4 Å². The quantitative estimate of drug-likeness (QED) is 0.495. The zero-order valence-electron chi connectivity index (χ0n) is 12.4. The zero-order chi connectivity index (χ0) is 17.3. The maximum Gasteiger partial charge on any atom is 0.257 e. The van der Waals surface area contributed by atoms with Crippen LogP contribution in [-0.2, 0) is 4.79 Å². The van der Waals surface area contributed by atoms with Crippen LogP contribution in [0.1, 0.15) is 23.5 Å². The molecule has 0 bridgehead atoms. The van der Waals surface area contributed by atoms with Crippen LogP contribution in [-0.4, -0.2) is 21.6 Å². The SMILES string of the molecule is C=CCSc1nc2c(c(=O)[nH]1)C(c1ccc(Cl)cc1F)CC(=O)N2. The summed E-state index contributed by atoms with van der Waals surface area (Å²) in [5.74, 6) is -0.857. The minimum Gasteiger partial charge on any atom is -0.310 e. The summed E-state index contributed by atoms with van der Waals surface area (Å²) in [7, 11) is 0. The molecule has 0 saturated heterocycles. The number of aromatic amines is 1. The lowest BCUT2D eigenvalue weighted by atomic mass is 9.86. The fourth-order valence-electron chi connectivity index (χ4n) is 2.61. The van der Waals surface area contributed by atoms with Gasteiger partial charge in [-0.15, -0.1) is 6.58 Å². The number of carbonyl (C=O) groups excluding carboxylic acids is 1. The Morgan fingerprint density at radius 1 is 1.46 bits per heavy atom. The van der Waals surface area contributed by atoms with Gasteiger partial charge in [0.05, 0.1) is 5.56 Å². The number of fused-ring (bicyclic) bond motifs is 1. The predicted octanol–water partition coefficient (Wildman–Crippen LogP) is 3.31. The molecule has 0 saturated carbocycles. The van der Waals surface area contributed by atoms with Gasteiger partial charge in [-0.1, -0.05) is 35.5 Å². The lowest BCUT2D eigenvalue weighted by Gasteiger charge is -2.24. The van der Waals surface area contributed by atoms with Gasteiger partial charge in [0.25, 0.3) is 5.56 Å². The van der Waals surface area contributed by atoms with Gasteiger partial charge >= 0.3 is 0 Å². The summed E-state index contributed by atoms with van der Waals surface area (Å²) in [6, 6.07) is 4.19. The number of nitrogens with one attached hydrogen (secondary N) is 2. The fraction of sp³-hybridized carbons (Fsp3) is 0.188. The molecule has 8 heteroatoms. The number of halogens is 2. The summed E-state index contributed by atoms with van der Waals surface area (Å²) in [4.78, 5) is 31.4. The standard InChI is InChI=1S/C16H13ClFN3O2S/c1-2-5-24-16-20-14-13(15(23)21-16)10(7-12(22)19-14)9-4-3-8(17)6-11(9)18/h2-4,6,10H,1,5,7H2,(H2,19,20,21,22,23). The number of amides is 1. The Hall–Kier alpha value is -2.12. The Balaban J connectivity index is 2.11. The smallest absolute Gasteiger partial charge is 0.257 e. The molecular weight excluding hydrogens is 353 g/mol. The van der Waals surface area contributed by atoms with E-state index in [0.717, 1.165) is 0 Å². The summed E-state index contributed by atoms with van der Waals surface area (Å²) in [5, 5.41) is 3.21. The van der Waals surface area contributed by atoms with Crippen molar-refractivity contribution in [2.75, 3.05) is 11.1 Å². The highest BCUT2D eigenvalue weighted by Crippen LogP contribution is 2.36. The van der Waals surface area contributed by atoms with Crippen molar-refractivity contribution in [3.8, 4) is 0 Å². The third-order valence-electron chi connectivity index (χ3n) is 3.61. The number of hydrogen-bond acceptors (Lipinski definition) is 4. The van der Waals surface area contributed by atoms with Gasteiger partial charge in [0, 0.05) is 23.1 Å². The molecule has 124 valence electrons. The summed E-state index contributed by atoms with van der Waals surface area (Å²) in [6.07, 6.45) is 1.64. The molecule has 1 unspecified atom stereocenters. The van der Waals surface area contributed by atoms with Crippen molar-refractivity contribution in [2.24, 2.45) is 0 Å². The van der Waals surface area contributed by atoms with Crippen LogP contribution < -0.4 is 10.9 Å². The largest absolute Gasteiger partial charge is 0.310 e. The Morgan fingerprint density at radius 2 is 2.25 bits per heavy atom. The predicted molar refractivity (Wildman–Crippen MR) is 92.3 cm³/mol. The van der Waals surface area contributed by atoms with Crippen molar-refractivity contribution >= 4 is 35.1 Å². The second kappa shape index (κ2) is 6.78. The second-order valence-corrected chi connectivity index (χ2v) is 6.65. The molecule has 0 fully saturated rings. The van der Waals surface area contributed by atoms with Crippen molar-refractivity contribution in [3.05, 3.63) is 63.2 Å². The van der Waals surface area contributed by atoms with Crippen molar-refractivity contribution < 1.29 is 9.18 Å². The Labute approximate surface area is 146 Å². The molecule has 2 N–H and O–H groups in total. The van der Waals surface area contributed by atoms with E-state index < -0.39 is 17.3 Å². The Bertz CT molecular complexity index is 884. The molecule has 1 amide bonds. The molecule has 0 spiro atoms. The zero-order valence-corrected chi connectivity index (χ0v) is 14.0. The van der Waals surface area contributed by atoms with Gasteiger partial charge in [-0.3, -0.25) is 9.59 Å². The third kappa shape index (κ3) is 3.22. The third-order valence-corrected chi connectivity index (χ3v) is 4.71. The van der Waals surface area contributed by atoms with Crippen LogP contribution in [0.4, 0.5) is 10.2 Å². The van der Waals surface area contributed by atoms with E-state index in [4.69, 9.17) is 11.6 Å². The van der Waals surface area contributed by atoms with Gasteiger partial charge in [0.1, 0.15) is 11.6 Å². The van der Waals surface area contributed by atoms with E-state index in [2.05, 4.69) is 21.9 Å². The molecule has 1 aromatic heterocycles. The highest BCUT2D eigenvalue weighted by Gasteiger charge is 2.32. The molecule has 2 aromatic rings. The van der Waals surface area contributed by atoms with Crippen LogP contribution in [0.2, 0.25) is 5.02 Å². The minimum absolute atomic E-state index is 0.0323. The average Bonchev–Trinajstić information content (AvgIpc) is 2.51. The first kappa shape index (κ1) is 16.7. The first-order valence-electron chi connectivity index (χ1n) is 7.12. The molecular formula is C16H13ClFN3O2S. The molecule has 0 aliphatic carbocycles. The topological polar surface area (TPSA) is 74.8 Å². The summed E-state index contributed by atoms with van der Waals surface area (Å²) < 4.78 is 14.3. The maximum atomic E-state index is 14.3. The molecule has 24 heavy (non-hydrogen) atoms. The maximum absolute atomic E-state index is 14.3. The van der Waals surface area contributed by atoms with Crippen molar-refractivity contribution in [3.63, 3.8) is 0 Å². The van der Waals surface area contributed by atoms with E-state index in [-0.39, 0.29) is 34.3 Å². The first-order valence-corrected chi connectivity index (χ1v) is 8.48. The monoisotopic (exact) mass is 365 g/mol. The van der Waals surface area contributed by atoms with E-state index >= 15 is 0 Å². The van der Waals surface area contributed by atoms with Crippen molar-refractivity contribution in [2.45, 2.75) is 17.5 Å². The molecule has 1 aliphatic rings. The molecule has 0 radical (unpaired) electrons. The van der Waals surface area contributed by atoms with Crippen LogP contribution in [0.5, 0.6) is 0 Å². The summed E-state index contributed by atoms with van der Waals surface area (Å²) >= 11 is 7.06. The van der Waals surface area contributed by atoms with Crippen LogP contribution in [0.3, 0.4) is 0 Å². The van der Waals surface area contributed by atoms with Gasteiger partial charge in [-0.25, -0.2) is 9.37 Å². The number of rotatable bonds is 4. The molecule has 5 nitrogen and oxygen atoms in total. The highest BCUT2D eigenvalue weighted by molar-refractivity contribution is 7.99. The number of H-pyrrole nitrogens is 1. The number of benzene rings is 1. The van der Waals surface area contributed by atoms with E-state index in [1.165, 1.54) is 30.0 Å². The van der Waals surface area contributed by atoms with Crippen LogP contribution in [0, 0.1) is 5.82 Å². The molecule has 3 rings (SSSR count). The number of aromatic nitrogens is 2. The van der Waals surface area contributed by atoms with Gasteiger partial charge in [-0.05, 0) is 17.7 Å². The fourth-order valence-corrected chi connectivity index (χ4v) is 3.36. The second-order valence-electron chi connectivity index (χ2n) is 5.20. The average molecular weight is 366 g/mol. The normalized spacial score (nSPS) is 16.4. The first-order chi connectivity index (χ1) is 11.5. The lowest BCUT2D eigenvalue weighted by Crippen LogP contribution is -2.31. The van der Waals surface area contributed by atoms with Gasteiger partial charge in [0.15, 0.2) is 5.16 Å². The van der Waals surface area contributed by atoms with E-state index in [1.54, 1.807) is 6.08 Å². The summed E-state index contributed by atoms with van der Waals surface area (Å²) in [5.41, 5.74) is 0.0963. The van der Waals surface area contributed by atoms with E-state index in [9.17, 15) is 14.0 Å².